The van der Waals surface area contributed by atoms with Crippen molar-refractivity contribution in [1.82, 2.24) is 4.90 Å². The van der Waals surface area contributed by atoms with E-state index >= 15 is 0 Å². The molecule has 2 rings (SSSR count). The molecule has 0 N–H and O–H groups in total. The van der Waals surface area contributed by atoms with E-state index in [-0.39, 0.29) is 14.7 Å². The van der Waals surface area contributed by atoms with Gasteiger partial charge in [0, 0.05) is 8.65 Å². The number of ether oxygens (including phenoxy) is 1. The van der Waals surface area contributed by atoms with Crippen molar-refractivity contribution in [3.05, 3.63) is 0 Å². The van der Waals surface area contributed by atoms with Crippen LogP contribution in [-0.2, 0) is 4.74 Å². The third-order valence-electron chi connectivity index (χ3n) is 3.73. The first kappa shape index (κ1) is 11.7. The van der Waals surface area contributed by atoms with Gasteiger partial charge < -0.3 is 4.74 Å². The van der Waals surface area contributed by atoms with Gasteiger partial charge in [0.15, 0.2) is 0 Å². The number of carbonyl (C=O) groups is 1. The van der Waals surface area contributed by atoms with Crippen molar-refractivity contribution in [1.29, 1.82) is 0 Å². The summed E-state index contributed by atoms with van der Waals surface area (Å²) in [7, 11) is 1.44. The molecule has 2 fully saturated rings. The molecule has 0 aromatic carbocycles. The smallest absolute Gasteiger partial charge is 0.410 e. The van der Waals surface area contributed by atoms with Crippen molar-refractivity contribution in [3.63, 3.8) is 0 Å². The van der Waals surface area contributed by atoms with E-state index in [0.29, 0.717) is 12.1 Å². The first-order valence-corrected chi connectivity index (χ1v) is 6.63. The Balaban J connectivity index is 2.12. The molecule has 15 heavy (non-hydrogen) atoms. The zero-order valence-corrected chi connectivity index (χ0v) is 12.3. The predicted octanol–water partition coefficient (Wildman–Crippen LogP) is 2.91. The van der Waals surface area contributed by atoms with E-state index < -0.39 is 0 Å². The fourth-order valence-corrected chi connectivity index (χ4v) is 3.38. The zero-order chi connectivity index (χ0) is 11.4. The molecule has 1 saturated carbocycles. The third kappa shape index (κ3) is 1.71. The summed E-state index contributed by atoms with van der Waals surface area (Å²) >= 11 is 7.51. The van der Waals surface area contributed by atoms with Crippen molar-refractivity contribution >= 4 is 38.0 Å². The van der Waals surface area contributed by atoms with Crippen LogP contribution >= 0.6 is 31.9 Å². The monoisotopic (exact) mass is 339 g/mol. The van der Waals surface area contributed by atoms with Gasteiger partial charge in [-0.25, -0.2) is 4.79 Å². The first-order chi connectivity index (χ1) is 6.80. The van der Waals surface area contributed by atoms with Crippen LogP contribution < -0.4 is 0 Å². The summed E-state index contributed by atoms with van der Waals surface area (Å²) in [6, 6.07) is 0.708. The van der Waals surface area contributed by atoms with Crippen LogP contribution in [0, 0.1) is 0 Å². The van der Waals surface area contributed by atoms with Crippen molar-refractivity contribution in [3.8, 4) is 0 Å². The van der Waals surface area contributed by atoms with Crippen LogP contribution in [0.25, 0.3) is 0 Å². The molecule has 1 aliphatic carbocycles. The molecule has 0 radical (unpaired) electrons. The molecule has 0 aromatic heterocycles. The van der Waals surface area contributed by atoms with Gasteiger partial charge in [0.05, 0.1) is 19.2 Å². The highest BCUT2D eigenvalue weighted by Gasteiger charge is 2.63. The first-order valence-electron chi connectivity index (χ1n) is 5.04. The Morgan fingerprint density at radius 2 is 1.67 bits per heavy atom. The molecule has 0 spiro atoms. The fraction of sp³-hybridized carbons (Fsp3) is 0.900. The summed E-state index contributed by atoms with van der Waals surface area (Å²) in [5.74, 6) is 0. The van der Waals surface area contributed by atoms with Crippen LogP contribution in [0.5, 0.6) is 0 Å². The maximum atomic E-state index is 11.4. The fourth-order valence-electron chi connectivity index (χ4n) is 2.39. The minimum absolute atomic E-state index is 0.0317. The van der Waals surface area contributed by atoms with Gasteiger partial charge in [0.2, 0.25) is 0 Å². The average Bonchev–Trinajstić information content (AvgIpc) is 2.74. The number of hydrogen-bond donors (Lipinski definition) is 0. The number of methoxy groups -OCH3 is 1. The van der Waals surface area contributed by atoms with Crippen LogP contribution in [0.2, 0.25) is 0 Å². The van der Waals surface area contributed by atoms with Crippen LogP contribution in [0.4, 0.5) is 4.79 Å². The second kappa shape index (κ2) is 3.36. The highest BCUT2D eigenvalue weighted by Crippen LogP contribution is 2.56. The maximum absolute atomic E-state index is 11.4. The summed E-state index contributed by atoms with van der Waals surface area (Å²) in [6.45, 7) is 4.34. The molecule has 0 bridgehead atoms. The molecular formula is C10H15Br2NO2. The van der Waals surface area contributed by atoms with Crippen molar-refractivity contribution in [2.75, 3.05) is 7.11 Å². The summed E-state index contributed by atoms with van der Waals surface area (Å²) in [4.78, 5) is 13.3. The number of likely N-dealkylation sites (tertiary alicyclic amines) is 1. The number of nitrogens with zero attached hydrogens (tertiary/aromatic N) is 1. The van der Waals surface area contributed by atoms with E-state index in [1.165, 1.54) is 7.11 Å². The average molecular weight is 341 g/mol. The molecule has 5 heteroatoms. The Labute approximate surface area is 107 Å². The quantitative estimate of drug-likeness (QED) is 0.501. The second-order valence-corrected chi connectivity index (χ2v) is 8.32. The van der Waals surface area contributed by atoms with Crippen LogP contribution in [-0.4, -0.2) is 38.8 Å². The van der Waals surface area contributed by atoms with Gasteiger partial charge in [-0.3, -0.25) is 4.90 Å². The molecule has 1 saturated heterocycles. The highest BCUT2D eigenvalue weighted by atomic mass is 79.9. The minimum atomic E-state index is -0.196. The lowest BCUT2D eigenvalue weighted by molar-refractivity contribution is 0.150. The van der Waals surface area contributed by atoms with Gasteiger partial charge in [-0.15, -0.1) is 0 Å². The summed E-state index contributed by atoms with van der Waals surface area (Å²) in [5, 5.41) is 0. The third-order valence-corrected chi connectivity index (χ3v) is 6.66. The topological polar surface area (TPSA) is 29.3 Å². The number of amides is 1. The second-order valence-electron chi connectivity index (χ2n) is 4.82. The largest absolute Gasteiger partial charge is 0.453 e. The SMILES string of the molecule is COC(=O)N1[C@@H]2C[C@](C)(Br)[C@](C)(Br)C[C@H]21. The van der Waals surface area contributed by atoms with E-state index in [2.05, 4.69) is 45.7 Å². The van der Waals surface area contributed by atoms with Crippen molar-refractivity contribution in [2.24, 2.45) is 0 Å². The van der Waals surface area contributed by atoms with E-state index in [9.17, 15) is 4.79 Å². The number of alkyl halides is 2. The molecular weight excluding hydrogens is 326 g/mol. The lowest BCUT2D eigenvalue weighted by Gasteiger charge is -2.40. The standard InChI is InChI=1S/C10H15Br2NO2/c1-9(11)4-6-7(5-10(9,2)12)13(6)8(14)15-3/h6-7H,4-5H2,1-3H3/t6-,7-,9-,10+,13?/m1/s1. The van der Waals surface area contributed by atoms with Crippen LogP contribution in [0.1, 0.15) is 26.7 Å². The van der Waals surface area contributed by atoms with Gasteiger partial charge in [-0.1, -0.05) is 31.9 Å². The number of halogens is 2. The van der Waals surface area contributed by atoms with E-state index in [1.807, 2.05) is 4.90 Å². The molecule has 4 atom stereocenters. The summed E-state index contributed by atoms with van der Waals surface area (Å²) in [5.41, 5.74) is 0. The summed E-state index contributed by atoms with van der Waals surface area (Å²) < 4.78 is 4.82. The van der Waals surface area contributed by atoms with Crippen molar-refractivity contribution < 1.29 is 9.53 Å². The Morgan fingerprint density at radius 3 is 2.00 bits per heavy atom. The van der Waals surface area contributed by atoms with Crippen molar-refractivity contribution in [2.45, 2.75) is 47.4 Å². The Bertz CT molecular complexity index is 282. The van der Waals surface area contributed by atoms with Gasteiger partial charge in [0.25, 0.3) is 0 Å². The van der Waals surface area contributed by atoms with Gasteiger partial charge >= 0.3 is 6.09 Å². The number of hydrogen-bond acceptors (Lipinski definition) is 2. The zero-order valence-electron chi connectivity index (χ0n) is 9.09. The predicted molar refractivity (Wildman–Crippen MR) is 65.7 cm³/mol. The Morgan fingerprint density at radius 1 is 1.27 bits per heavy atom. The number of rotatable bonds is 0. The molecule has 0 aromatic rings. The minimum Gasteiger partial charge on any atom is -0.453 e. The lowest BCUT2D eigenvalue weighted by atomic mass is 9.81. The number of fused-ring (bicyclic) bond motifs is 1. The normalized spacial score (nSPS) is 48.5. The highest BCUT2D eigenvalue weighted by molar-refractivity contribution is 9.13. The van der Waals surface area contributed by atoms with E-state index in [1.54, 1.807) is 0 Å². The summed E-state index contributed by atoms with van der Waals surface area (Å²) in [6.07, 6.45) is 1.74. The number of carbonyl (C=O) groups excluding carboxylic acids is 1. The Kier molecular flexibility index (Phi) is 2.62. The molecule has 1 aliphatic heterocycles. The van der Waals surface area contributed by atoms with E-state index in [0.717, 1.165) is 12.8 Å². The van der Waals surface area contributed by atoms with Crippen LogP contribution in [0.15, 0.2) is 0 Å². The van der Waals surface area contributed by atoms with E-state index in [4.69, 9.17) is 4.74 Å². The molecule has 1 heterocycles. The molecule has 1 amide bonds. The van der Waals surface area contributed by atoms with Gasteiger partial charge in [-0.05, 0) is 26.7 Å². The molecule has 86 valence electrons. The molecule has 0 unspecified atom stereocenters. The lowest BCUT2D eigenvalue weighted by Crippen LogP contribution is -2.45. The molecule has 3 nitrogen and oxygen atoms in total. The van der Waals surface area contributed by atoms with Crippen LogP contribution in [0.3, 0.4) is 0 Å². The Hall–Kier alpha value is 0.230. The maximum Gasteiger partial charge on any atom is 0.410 e. The van der Waals surface area contributed by atoms with Gasteiger partial charge in [-0.2, -0.15) is 0 Å². The van der Waals surface area contributed by atoms with Gasteiger partial charge in [0.1, 0.15) is 0 Å². The molecule has 2 aliphatic rings.